The summed E-state index contributed by atoms with van der Waals surface area (Å²) in [7, 11) is 0. The summed E-state index contributed by atoms with van der Waals surface area (Å²) in [5.74, 6) is 1.79. The van der Waals surface area contributed by atoms with E-state index in [2.05, 4.69) is 83.7 Å². The first-order chi connectivity index (χ1) is 11.5. The first-order valence-corrected chi connectivity index (χ1v) is 9.12. The summed E-state index contributed by atoms with van der Waals surface area (Å²) < 4.78 is 3.27. The quantitative estimate of drug-likeness (QED) is 0.581. The zero-order valence-corrected chi connectivity index (χ0v) is 16.1. The number of allylic oxidation sites excluding steroid dienone is 6. The van der Waals surface area contributed by atoms with Crippen molar-refractivity contribution in [2.75, 3.05) is 0 Å². The molecule has 2 aromatic rings. The molecule has 3 heteroatoms. The van der Waals surface area contributed by atoms with E-state index in [4.69, 9.17) is 0 Å². The molecule has 0 fully saturated rings. The highest BCUT2D eigenvalue weighted by molar-refractivity contribution is 9.10. The first kappa shape index (κ1) is 16.9. The minimum atomic E-state index is 0.399. The fourth-order valence-corrected chi connectivity index (χ4v) is 3.42. The van der Waals surface area contributed by atoms with Gasteiger partial charge < -0.3 is 0 Å². The molecule has 0 spiro atoms. The van der Waals surface area contributed by atoms with Gasteiger partial charge in [0.05, 0.1) is 11.6 Å². The van der Waals surface area contributed by atoms with Crippen LogP contribution in [0.4, 0.5) is 0 Å². The van der Waals surface area contributed by atoms with Gasteiger partial charge in [0.1, 0.15) is 11.6 Å². The molecular formula is C21H22BrN2+. The molecule has 0 N–H and O–H groups in total. The zero-order valence-electron chi connectivity index (χ0n) is 14.5. The minimum Gasteiger partial charge on any atom is -0.244 e. The van der Waals surface area contributed by atoms with Gasteiger partial charge in [-0.25, -0.2) is 9.55 Å². The molecule has 24 heavy (non-hydrogen) atoms. The summed E-state index contributed by atoms with van der Waals surface area (Å²) >= 11 is 3.56. The van der Waals surface area contributed by atoms with Crippen molar-refractivity contribution >= 4 is 21.6 Å². The molecule has 0 atom stereocenters. The van der Waals surface area contributed by atoms with E-state index < -0.39 is 0 Å². The molecule has 0 bridgehead atoms. The van der Waals surface area contributed by atoms with Gasteiger partial charge in [-0.1, -0.05) is 55.8 Å². The number of imidazole rings is 1. The topological polar surface area (TPSA) is 17.8 Å². The molecule has 1 aromatic heterocycles. The predicted octanol–water partition coefficient (Wildman–Crippen LogP) is 6.14. The molecule has 1 aliphatic carbocycles. The Hall–Kier alpha value is -1.96. The summed E-state index contributed by atoms with van der Waals surface area (Å²) in [6.45, 7) is 8.90. The Labute approximate surface area is 152 Å². The lowest BCUT2D eigenvalue weighted by Crippen LogP contribution is -2.13. The van der Waals surface area contributed by atoms with Gasteiger partial charge in [-0.2, -0.15) is 0 Å². The molecule has 0 radical (unpaired) electrons. The average molecular weight is 382 g/mol. The molecule has 2 nitrogen and oxygen atoms in total. The molecule has 0 aliphatic heterocycles. The van der Waals surface area contributed by atoms with Crippen LogP contribution in [0.3, 0.4) is 0 Å². The van der Waals surface area contributed by atoms with Crippen LogP contribution in [-0.2, 0) is 0 Å². The maximum atomic E-state index is 4.63. The van der Waals surface area contributed by atoms with Crippen molar-refractivity contribution < 1.29 is 0 Å². The Kier molecular flexibility index (Phi) is 4.84. The summed E-state index contributed by atoms with van der Waals surface area (Å²) in [5, 5.41) is 0. The maximum absolute atomic E-state index is 4.63. The van der Waals surface area contributed by atoms with Crippen LogP contribution in [0, 0.1) is 17.9 Å². The lowest BCUT2D eigenvalue weighted by Gasteiger charge is -2.17. The lowest BCUT2D eigenvalue weighted by molar-refractivity contribution is 0.748. The fourth-order valence-electron chi connectivity index (χ4n) is 3.02. The SMILES string of the molecule is CC(C)C1=[C+]C=CC(C(C)C)=C1n1ccnc1-c1cccc(Br)c1. The van der Waals surface area contributed by atoms with Gasteiger partial charge >= 0.3 is 0 Å². The second kappa shape index (κ2) is 6.88. The van der Waals surface area contributed by atoms with Crippen LogP contribution in [0.25, 0.3) is 17.1 Å². The van der Waals surface area contributed by atoms with Gasteiger partial charge in [-0.15, -0.1) is 0 Å². The number of benzene rings is 1. The highest BCUT2D eigenvalue weighted by Crippen LogP contribution is 2.36. The summed E-state index contributed by atoms with van der Waals surface area (Å²) in [6, 6.07) is 8.28. The third-order valence-corrected chi connectivity index (χ3v) is 4.69. The minimum absolute atomic E-state index is 0.399. The van der Waals surface area contributed by atoms with Crippen molar-refractivity contribution in [3.63, 3.8) is 0 Å². The van der Waals surface area contributed by atoms with Gasteiger partial charge in [0.2, 0.25) is 0 Å². The summed E-state index contributed by atoms with van der Waals surface area (Å²) in [6.07, 6.45) is 11.6. The highest BCUT2D eigenvalue weighted by Gasteiger charge is 2.30. The third kappa shape index (κ3) is 3.15. The summed E-state index contributed by atoms with van der Waals surface area (Å²) in [5.41, 5.74) is 4.87. The number of hydrogen-bond donors (Lipinski definition) is 0. The number of halogens is 1. The van der Waals surface area contributed by atoms with E-state index >= 15 is 0 Å². The second-order valence-corrected chi connectivity index (χ2v) is 7.55. The summed E-state index contributed by atoms with van der Waals surface area (Å²) in [4.78, 5) is 4.63. The van der Waals surface area contributed by atoms with Crippen LogP contribution in [0.5, 0.6) is 0 Å². The predicted molar refractivity (Wildman–Crippen MR) is 104 cm³/mol. The maximum Gasteiger partial charge on any atom is 0.166 e. The number of hydrogen-bond acceptors (Lipinski definition) is 1. The average Bonchev–Trinajstić information content (AvgIpc) is 3.03. The van der Waals surface area contributed by atoms with Crippen LogP contribution in [0.2, 0.25) is 0 Å². The van der Waals surface area contributed by atoms with E-state index in [1.807, 2.05) is 24.4 Å². The van der Waals surface area contributed by atoms with Crippen LogP contribution < -0.4 is 0 Å². The zero-order chi connectivity index (χ0) is 17.3. The molecule has 0 saturated heterocycles. The third-order valence-electron chi connectivity index (χ3n) is 4.19. The van der Waals surface area contributed by atoms with Crippen molar-refractivity contribution in [2.45, 2.75) is 27.7 Å². The molecule has 1 aliphatic rings. The Morgan fingerprint density at radius 3 is 2.58 bits per heavy atom. The van der Waals surface area contributed by atoms with E-state index in [1.165, 1.54) is 16.8 Å². The molecule has 0 saturated carbocycles. The van der Waals surface area contributed by atoms with Crippen molar-refractivity contribution in [3.8, 4) is 11.4 Å². The highest BCUT2D eigenvalue weighted by atomic mass is 79.9. The second-order valence-electron chi connectivity index (χ2n) is 6.64. The van der Waals surface area contributed by atoms with Gasteiger partial charge in [-0.3, -0.25) is 0 Å². The van der Waals surface area contributed by atoms with E-state index in [1.54, 1.807) is 0 Å². The Bertz CT molecular complexity index is 835. The molecule has 3 rings (SSSR count). The smallest absolute Gasteiger partial charge is 0.166 e. The van der Waals surface area contributed by atoms with Gasteiger partial charge in [0.25, 0.3) is 0 Å². The van der Waals surface area contributed by atoms with E-state index in [9.17, 15) is 0 Å². The number of rotatable bonds is 4. The fraction of sp³-hybridized carbons (Fsp3) is 0.286. The number of aromatic nitrogens is 2. The molecular weight excluding hydrogens is 360 g/mol. The van der Waals surface area contributed by atoms with Crippen molar-refractivity contribution in [3.05, 3.63) is 70.5 Å². The van der Waals surface area contributed by atoms with Gasteiger partial charge in [0, 0.05) is 40.3 Å². The molecule has 0 amide bonds. The van der Waals surface area contributed by atoms with Crippen LogP contribution in [-0.4, -0.2) is 9.55 Å². The molecule has 0 unspecified atom stereocenters. The molecule has 122 valence electrons. The molecule has 1 heterocycles. The molecule has 1 aromatic carbocycles. The van der Waals surface area contributed by atoms with Gasteiger partial charge in [0.15, 0.2) is 11.5 Å². The van der Waals surface area contributed by atoms with E-state index in [0.29, 0.717) is 11.8 Å². The van der Waals surface area contributed by atoms with Crippen molar-refractivity contribution in [1.82, 2.24) is 9.55 Å². The number of nitrogens with zero attached hydrogens (tertiary/aromatic N) is 2. The standard InChI is InChI=1S/C21H22BrN2/c1-14(2)18-9-6-10-19(15(3)4)20(18)24-12-11-23-21(24)16-7-5-8-17(22)13-16/h5-9,11-15H,1-4H3/q+1. The van der Waals surface area contributed by atoms with E-state index in [0.717, 1.165) is 15.9 Å². The monoisotopic (exact) mass is 381 g/mol. The van der Waals surface area contributed by atoms with Crippen LogP contribution >= 0.6 is 15.9 Å². The van der Waals surface area contributed by atoms with Crippen LogP contribution in [0.15, 0.2) is 64.4 Å². The largest absolute Gasteiger partial charge is 0.244 e. The Balaban J connectivity index is 2.22. The van der Waals surface area contributed by atoms with E-state index in [-0.39, 0.29) is 0 Å². The van der Waals surface area contributed by atoms with Crippen molar-refractivity contribution in [1.29, 1.82) is 0 Å². The van der Waals surface area contributed by atoms with Gasteiger partial charge in [-0.05, 0) is 12.1 Å². The van der Waals surface area contributed by atoms with Crippen LogP contribution in [0.1, 0.15) is 27.7 Å². The normalized spacial score (nSPS) is 14.4. The lowest BCUT2D eigenvalue weighted by atomic mass is 9.88. The Morgan fingerprint density at radius 2 is 1.92 bits per heavy atom. The van der Waals surface area contributed by atoms with Crippen molar-refractivity contribution in [2.24, 2.45) is 11.8 Å². The first-order valence-electron chi connectivity index (χ1n) is 8.33. The Morgan fingerprint density at radius 1 is 1.12 bits per heavy atom.